The fourth-order valence-corrected chi connectivity index (χ4v) is 4.05. The van der Waals surface area contributed by atoms with Gasteiger partial charge in [0.05, 0.1) is 25.0 Å². The van der Waals surface area contributed by atoms with Gasteiger partial charge in [0.2, 0.25) is 11.8 Å². The molecule has 1 aromatic carbocycles. The number of thiophene rings is 1. The highest BCUT2D eigenvalue weighted by molar-refractivity contribution is 7.99. The first-order valence-electron chi connectivity index (χ1n) is 9.06. The number of carbonyl (C=O) groups is 1. The lowest BCUT2D eigenvalue weighted by molar-refractivity contribution is -0.116. The molecular weight excluding hydrogens is 420 g/mol. The van der Waals surface area contributed by atoms with Crippen LogP contribution in [0.15, 0.2) is 75.9 Å². The van der Waals surface area contributed by atoms with Gasteiger partial charge in [-0.1, -0.05) is 17.8 Å². The average Bonchev–Trinajstić information content (AvgIpc) is 3.49. The molecule has 0 unspecified atom stereocenters. The van der Waals surface area contributed by atoms with Crippen LogP contribution in [0.5, 0.6) is 5.75 Å². The number of benzene rings is 1. The van der Waals surface area contributed by atoms with Gasteiger partial charge in [0.15, 0.2) is 0 Å². The van der Waals surface area contributed by atoms with Crippen LogP contribution in [0.25, 0.3) is 11.5 Å². The van der Waals surface area contributed by atoms with E-state index in [1.165, 1.54) is 11.8 Å². The normalized spacial score (nSPS) is 10.7. The summed E-state index contributed by atoms with van der Waals surface area (Å²) in [5, 5.41) is 10.4. The first-order valence-corrected chi connectivity index (χ1v) is 10.9. The third-order valence-corrected chi connectivity index (χ3v) is 5.88. The highest BCUT2D eigenvalue weighted by atomic mass is 32.2. The number of hydrogen-bond acceptors (Lipinski definition) is 8. The quantitative estimate of drug-likeness (QED) is 0.374. The zero-order chi connectivity index (χ0) is 20.8. The molecule has 4 aromatic rings. The van der Waals surface area contributed by atoms with Crippen LogP contribution in [-0.2, 0) is 11.3 Å². The Kier molecular flexibility index (Phi) is 6.41. The van der Waals surface area contributed by atoms with Crippen LogP contribution < -0.4 is 9.64 Å². The summed E-state index contributed by atoms with van der Waals surface area (Å²) in [5.74, 6) is 1.24. The maximum atomic E-state index is 13.1. The van der Waals surface area contributed by atoms with Gasteiger partial charge in [-0.25, -0.2) is 0 Å². The van der Waals surface area contributed by atoms with Crippen LogP contribution in [0.3, 0.4) is 0 Å². The van der Waals surface area contributed by atoms with Gasteiger partial charge in [-0.15, -0.1) is 21.5 Å². The summed E-state index contributed by atoms with van der Waals surface area (Å²) in [6.07, 6.45) is 3.33. The monoisotopic (exact) mass is 438 g/mol. The van der Waals surface area contributed by atoms with Crippen molar-refractivity contribution >= 4 is 34.7 Å². The Labute approximate surface area is 181 Å². The molecule has 0 aliphatic carbocycles. The van der Waals surface area contributed by atoms with Crippen LogP contribution in [0.1, 0.15) is 4.88 Å². The number of thioether (sulfide) groups is 1. The van der Waals surface area contributed by atoms with E-state index < -0.39 is 0 Å². The molecule has 1 amide bonds. The van der Waals surface area contributed by atoms with E-state index in [4.69, 9.17) is 9.15 Å². The molecule has 0 N–H and O–H groups in total. The molecule has 0 saturated heterocycles. The number of pyridine rings is 1. The number of anilines is 1. The minimum absolute atomic E-state index is 0.0558. The Morgan fingerprint density at radius 3 is 2.73 bits per heavy atom. The maximum Gasteiger partial charge on any atom is 0.277 e. The predicted octanol–water partition coefficient (Wildman–Crippen LogP) is 4.53. The zero-order valence-corrected chi connectivity index (χ0v) is 17.7. The standard InChI is InChI=1S/C21H18N4O3S2/c1-27-17-8-6-16(7-9-17)25(13-18-5-3-11-29-18)19(26)14-30-21-24-23-20(28-21)15-4-2-10-22-12-15/h2-12H,13-14H2,1H3. The largest absolute Gasteiger partial charge is 0.497 e. The number of hydrogen-bond donors (Lipinski definition) is 0. The molecule has 0 saturated carbocycles. The minimum Gasteiger partial charge on any atom is -0.497 e. The Balaban J connectivity index is 1.47. The predicted molar refractivity (Wildman–Crippen MR) is 117 cm³/mol. The highest BCUT2D eigenvalue weighted by Crippen LogP contribution is 2.26. The fourth-order valence-electron chi connectivity index (χ4n) is 2.72. The number of ether oxygens (including phenoxy) is 1. The van der Waals surface area contributed by atoms with Crippen LogP contribution in [0, 0.1) is 0 Å². The second kappa shape index (κ2) is 9.55. The van der Waals surface area contributed by atoms with Gasteiger partial charge in [-0.05, 0) is 47.8 Å². The Hall–Kier alpha value is -3.17. The SMILES string of the molecule is COc1ccc(N(Cc2cccs2)C(=O)CSc2nnc(-c3cccnc3)o2)cc1. The van der Waals surface area contributed by atoms with E-state index in [1.54, 1.807) is 41.8 Å². The summed E-state index contributed by atoms with van der Waals surface area (Å²) < 4.78 is 10.9. The third kappa shape index (κ3) is 4.87. The molecular formula is C21H18N4O3S2. The van der Waals surface area contributed by atoms with Gasteiger partial charge in [0.1, 0.15) is 5.75 Å². The molecule has 0 fully saturated rings. The van der Waals surface area contributed by atoms with Crippen LogP contribution in [-0.4, -0.2) is 34.0 Å². The van der Waals surface area contributed by atoms with Crippen molar-refractivity contribution in [2.75, 3.05) is 17.8 Å². The van der Waals surface area contributed by atoms with E-state index in [2.05, 4.69) is 15.2 Å². The molecule has 0 aliphatic heterocycles. The molecule has 152 valence electrons. The molecule has 7 nitrogen and oxygen atoms in total. The van der Waals surface area contributed by atoms with E-state index >= 15 is 0 Å². The van der Waals surface area contributed by atoms with Crippen molar-refractivity contribution in [1.29, 1.82) is 0 Å². The molecule has 4 rings (SSSR count). The molecule has 3 aromatic heterocycles. The van der Waals surface area contributed by atoms with Crippen LogP contribution >= 0.6 is 23.1 Å². The number of aromatic nitrogens is 3. The van der Waals surface area contributed by atoms with Crippen molar-refractivity contribution in [3.05, 3.63) is 71.2 Å². The third-order valence-electron chi connectivity index (χ3n) is 4.21. The van der Waals surface area contributed by atoms with E-state index in [-0.39, 0.29) is 11.7 Å². The van der Waals surface area contributed by atoms with Crippen molar-refractivity contribution in [2.45, 2.75) is 11.8 Å². The first-order chi connectivity index (χ1) is 14.7. The molecule has 30 heavy (non-hydrogen) atoms. The molecule has 9 heteroatoms. The van der Waals surface area contributed by atoms with E-state index in [0.29, 0.717) is 17.7 Å². The van der Waals surface area contributed by atoms with Gasteiger partial charge >= 0.3 is 0 Å². The Bertz CT molecular complexity index is 1080. The summed E-state index contributed by atoms with van der Waals surface area (Å²) in [6.45, 7) is 0.494. The second-order valence-corrected chi connectivity index (χ2v) is 8.12. The summed E-state index contributed by atoms with van der Waals surface area (Å²) in [4.78, 5) is 19.9. The number of amides is 1. The van der Waals surface area contributed by atoms with Crippen molar-refractivity contribution < 1.29 is 13.9 Å². The van der Waals surface area contributed by atoms with Gasteiger partial charge in [0, 0.05) is 23.0 Å². The van der Waals surface area contributed by atoms with Crippen molar-refractivity contribution in [3.63, 3.8) is 0 Å². The molecule has 3 heterocycles. The van der Waals surface area contributed by atoms with Crippen LogP contribution in [0.4, 0.5) is 5.69 Å². The van der Waals surface area contributed by atoms with Gasteiger partial charge in [-0.3, -0.25) is 9.78 Å². The minimum atomic E-state index is -0.0558. The van der Waals surface area contributed by atoms with E-state index in [9.17, 15) is 4.79 Å². The molecule has 0 radical (unpaired) electrons. The number of methoxy groups -OCH3 is 1. The van der Waals surface area contributed by atoms with E-state index in [1.807, 2.05) is 47.8 Å². The molecule has 0 spiro atoms. The van der Waals surface area contributed by atoms with Crippen LogP contribution in [0.2, 0.25) is 0 Å². The second-order valence-electron chi connectivity index (χ2n) is 6.16. The average molecular weight is 439 g/mol. The smallest absolute Gasteiger partial charge is 0.277 e. The highest BCUT2D eigenvalue weighted by Gasteiger charge is 2.19. The Morgan fingerprint density at radius 2 is 2.03 bits per heavy atom. The van der Waals surface area contributed by atoms with Crippen molar-refractivity contribution in [3.8, 4) is 17.2 Å². The first kappa shape index (κ1) is 20.1. The topological polar surface area (TPSA) is 81.4 Å². The summed E-state index contributed by atoms with van der Waals surface area (Å²) >= 11 is 2.83. The number of carbonyl (C=O) groups excluding carboxylic acids is 1. The van der Waals surface area contributed by atoms with Crippen molar-refractivity contribution in [2.24, 2.45) is 0 Å². The summed E-state index contributed by atoms with van der Waals surface area (Å²) in [7, 11) is 1.62. The van der Waals surface area contributed by atoms with Gasteiger partial charge in [0.25, 0.3) is 5.22 Å². The maximum absolute atomic E-state index is 13.1. The van der Waals surface area contributed by atoms with Gasteiger partial charge in [-0.2, -0.15) is 0 Å². The van der Waals surface area contributed by atoms with Crippen molar-refractivity contribution in [1.82, 2.24) is 15.2 Å². The molecule has 0 bridgehead atoms. The zero-order valence-electron chi connectivity index (χ0n) is 16.1. The molecule has 0 aliphatic rings. The fraction of sp³-hybridized carbons (Fsp3) is 0.143. The molecule has 0 atom stereocenters. The van der Waals surface area contributed by atoms with E-state index in [0.717, 1.165) is 21.9 Å². The van der Waals surface area contributed by atoms with Gasteiger partial charge < -0.3 is 14.1 Å². The number of rotatable bonds is 8. The Morgan fingerprint density at radius 1 is 1.17 bits per heavy atom. The summed E-state index contributed by atoms with van der Waals surface area (Å²) in [5.41, 5.74) is 1.54. The lowest BCUT2D eigenvalue weighted by atomic mass is 10.2. The lowest BCUT2D eigenvalue weighted by Gasteiger charge is -2.22. The lowest BCUT2D eigenvalue weighted by Crippen LogP contribution is -2.31. The number of nitrogens with zero attached hydrogens (tertiary/aromatic N) is 4. The summed E-state index contributed by atoms with van der Waals surface area (Å²) in [6, 6.07) is 15.1.